The van der Waals surface area contributed by atoms with E-state index in [1.807, 2.05) is 0 Å². The van der Waals surface area contributed by atoms with E-state index in [0.717, 1.165) is 12.8 Å². The highest BCUT2D eigenvalue weighted by molar-refractivity contribution is 7.91. The normalized spacial score (nSPS) is 19.2. The molecule has 136 valence electrons. The lowest BCUT2D eigenvalue weighted by atomic mass is 10.1. The van der Waals surface area contributed by atoms with E-state index in [-0.39, 0.29) is 18.3 Å². The van der Waals surface area contributed by atoms with Crippen LogP contribution in [0, 0.1) is 5.41 Å². The summed E-state index contributed by atoms with van der Waals surface area (Å²) in [6.07, 6.45) is 1.47. The molecule has 1 amide bonds. The molecule has 0 saturated heterocycles. The third kappa shape index (κ3) is 3.69. The molecule has 10 heteroatoms. The molecule has 9 nitrogen and oxygen atoms in total. The number of ether oxygens (including phenoxy) is 2. The topological polar surface area (TPSA) is 132 Å². The van der Waals surface area contributed by atoms with Crippen molar-refractivity contribution in [1.29, 1.82) is 0 Å². The molecule has 0 bridgehead atoms. The van der Waals surface area contributed by atoms with Crippen LogP contribution in [0.4, 0.5) is 5.69 Å². The Bertz CT molecular complexity index is 817. The van der Waals surface area contributed by atoms with Crippen molar-refractivity contribution < 1.29 is 22.7 Å². The summed E-state index contributed by atoms with van der Waals surface area (Å²) in [6, 6.07) is 4.89. The molecule has 3 rings (SSSR count). The van der Waals surface area contributed by atoms with Gasteiger partial charge in [-0.1, -0.05) is 6.07 Å². The van der Waals surface area contributed by atoms with Gasteiger partial charge in [0.1, 0.15) is 12.4 Å². The molecule has 1 aliphatic heterocycles. The minimum absolute atomic E-state index is 0.0725. The van der Waals surface area contributed by atoms with Gasteiger partial charge in [0.2, 0.25) is 5.91 Å². The lowest BCUT2D eigenvalue weighted by molar-refractivity contribution is -0.127. The Kier molecular flexibility index (Phi) is 4.56. The van der Waals surface area contributed by atoms with Crippen LogP contribution in [0.3, 0.4) is 0 Å². The Labute approximate surface area is 145 Å². The first-order valence-corrected chi connectivity index (χ1v) is 9.22. The monoisotopic (exact) mass is 368 g/mol. The maximum Gasteiger partial charge on any atom is 0.344 e. The van der Waals surface area contributed by atoms with Crippen molar-refractivity contribution in [2.45, 2.75) is 12.8 Å². The molecule has 1 saturated carbocycles. The van der Waals surface area contributed by atoms with Crippen molar-refractivity contribution >= 4 is 27.6 Å². The van der Waals surface area contributed by atoms with Gasteiger partial charge < -0.3 is 20.5 Å². The van der Waals surface area contributed by atoms with Crippen molar-refractivity contribution in [3.8, 4) is 5.75 Å². The molecular weight excluding hydrogens is 348 g/mol. The van der Waals surface area contributed by atoms with Crippen LogP contribution in [0.2, 0.25) is 0 Å². The second kappa shape index (κ2) is 6.52. The fourth-order valence-electron chi connectivity index (χ4n) is 2.60. The zero-order valence-electron chi connectivity index (χ0n) is 13.7. The number of anilines is 1. The Hall–Kier alpha value is -2.33. The summed E-state index contributed by atoms with van der Waals surface area (Å²) >= 11 is 0. The molecule has 1 fully saturated rings. The van der Waals surface area contributed by atoms with Crippen LogP contribution in [0.1, 0.15) is 18.4 Å². The molecule has 25 heavy (non-hydrogen) atoms. The number of amides is 1. The number of hydrogen-bond acceptors (Lipinski definition) is 6. The third-order valence-corrected chi connectivity index (χ3v) is 5.09. The van der Waals surface area contributed by atoms with E-state index in [1.54, 1.807) is 25.3 Å². The molecule has 2 aliphatic rings. The number of carbonyl (C=O) groups excluding carboxylic acids is 1. The summed E-state index contributed by atoms with van der Waals surface area (Å²) in [5.74, 6) is 0.174. The van der Waals surface area contributed by atoms with Crippen molar-refractivity contribution in [3.63, 3.8) is 0 Å². The van der Waals surface area contributed by atoms with Crippen molar-refractivity contribution in [2.24, 2.45) is 15.5 Å². The van der Waals surface area contributed by atoms with E-state index in [1.165, 1.54) is 0 Å². The third-order valence-electron chi connectivity index (χ3n) is 4.17. The fraction of sp³-hybridized carbons (Fsp3) is 0.467. The summed E-state index contributed by atoms with van der Waals surface area (Å²) in [7, 11) is -2.27. The van der Waals surface area contributed by atoms with E-state index >= 15 is 0 Å². The number of nitrogens with one attached hydrogen (secondary N) is 2. The lowest BCUT2D eigenvalue weighted by Crippen LogP contribution is -2.37. The zero-order chi connectivity index (χ0) is 18.1. The minimum Gasteiger partial charge on any atom is -0.492 e. The Morgan fingerprint density at radius 3 is 2.88 bits per heavy atom. The number of amidine groups is 1. The van der Waals surface area contributed by atoms with Crippen molar-refractivity contribution in [2.75, 3.05) is 31.6 Å². The largest absolute Gasteiger partial charge is 0.492 e. The van der Waals surface area contributed by atoms with Gasteiger partial charge in [-0.05, 0) is 25.0 Å². The van der Waals surface area contributed by atoms with Crippen molar-refractivity contribution in [1.82, 2.24) is 5.32 Å². The fourth-order valence-corrected chi connectivity index (χ4v) is 3.44. The van der Waals surface area contributed by atoms with Gasteiger partial charge in [-0.25, -0.2) is 0 Å². The molecule has 4 N–H and O–H groups in total. The predicted molar refractivity (Wildman–Crippen MR) is 91.8 cm³/mol. The number of benzene rings is 1. The van der Waals surface area contributed by atoms with Gasteiger partial charge in [-0.15, -0.1) is 4.40 Å². The molecule has 0 atom stereocenters. The number of nitrogens with zero attached hydrogens (tertiary/aromatic N) is 1. The molecule has 0 radical (unpaired) electrons. The Morgan fingerprint density at radius 2 is 2.20 bits per heavy atom. The van der Waals surface area contributed by atoms with Crippen LogP contribution in [-0.2, 0) is 19.7 Å². The smallest absolute Gasteiger partial charge is 0.344 e. The molecule has 1 heterocycles. The van der Waals surface area contributed by atoms with Gasteiger partial charge in [0, 0.05) is 13.7 Å². The number of nitrogens with two attached hydrogens (primary N) is 1. The van der Waals surface area contributed by atoms with Crippen molar-refractivity contribution in [3.05, 3.63) is 23.8 Å². The highest BCUT2D eigenvalue weighted by Gasteiger charge is 2.50. The zero-order valence-corrected chi connectivity index (χ0v) is 14.6. The molecular formula is C15H20N4O5S. The maximum atomic E-state index is 12.3. The average molecular weight is 368 g/mol. The van der Waals surface area contributed by atoms with Crippen LogP contribution >= 0.6 is 0 Å². The quantitative estimate of drug-likeness (QED) is 0.580. The standard InChI is InChI=1S/C15H20N4O5S/c1-23-8-7-17-14(20)15(5-6-15)9-24-11-4-2-3-10-12(11)13(16)19-25(21,22)18-10/h2-4,18H,5-9H2,1H3,(H2,16,19)(H,17,20). The van der Waals surface area contributed by atoms with Gasteiger partial charge in [-0.3, -0.25) is 9.52 Å². The van der Waals surface area contributed by atoms with Crippen LogP contribution in [0.25, 0.3) is 0 Å². The first kappa shape index (κ1) is 17.5. The number of fused-ring (bicyclic) bond motifs is 1. The number of methoxy groups -OCH3 is 1. The Morgan fingerprint density at radius 1 is 1.44 bits per heavy atom. The van der Waals surface area contributed by atoms with Crippen LogP contribution in [-0.4, -0.2) is 47.0 Å². The first-order chi connectivity index (χ1) is 11.9. The predicted octanol–water partition coefficient (Wildman–Crippen LogP) is -0.0162. The Balaban J connectivity index is 1.72. The van der Waals surface area contributed by atoms with Gasteiger partial charge in [0.15, 0.2) is 5.84 Å². The van der Waals surface area contributed by atoms with Crippen LogP contribution in [0.15, 0.2) is 22.6 Å². The molecule has 0 aromatic heterocycles. The van der Waals surface area contributed by atoms with Gasteiger partial charge in [-0.2, -0.15) is 8.42 Å². The molecule has 1 aliphatic carbocycles. The summed E-state index contributed by atoms with van der Waals surface area (Å²) in [5, 5.41) is 2.82. The molecule has 1 aromatic carbocycles. The van der Waals surface area contributed by atoms with E-state index < -0.39 is 15.6 Å². The number of rotatable bonds is 7. The second-order valence-corrected chi connectivity index (χ2v) is 7.39. The second-order valence-electron chi connectivity index (χ2n) is 6.05. The SMILES string of the molecule is COCCNC(=O)C1(COc2cccc3c2C(N)=NS(=O)(=O)N3)CC1. The van der Waals surface area contributed by atoms with Gasteiger partial charge in [0.25, 0.3) is 0 Å². The molecule has 0 unspecified atom stereocenters. The highest BCUT2D eigenvalue weighted by Crippen LogP contribution is 2.46. The summed E-state index contributed by atoms with van der Waals surface area (Å²) in [4.78, 5) is 12.3. The number of hydrogen-bond donors (Lipinski definition) is 3. The molecule has 0 spiro atoms. The van der Waals surface area contributed by atoms with E-state index in [2.05, 4.69) is 14.4 Å². The summed E-state index contributed by atoms with van der Waals surface area (Å²) in [6.45, 7) is 1.07. The highest BCUT2D eigenvalue weighted by atomic mass is 32.2. The van der Waals surface area contributed by atoms with Gasteiger partial charge >= 0.3 is 10.2 Å². The van der Waals surface area contributed by atoms with E-state index in [4.69, 9.17) is 15.2 Å². The van der Waals surface area contributed by atoms with E-state index in [9.17, 15) is 13.2 Å². The lowest BCUT2D eigenvalue weighted by Gasteiger charge is -2.21. The summed E-state index contributed by atoms with van der Waals surface area (Å²) < 4.78 is 39.7. The average Bonchev–Trinajstić information content (AvgIpc) is 3.32. The minimum atomic E-state index is -3.84. The van der Waals surface area contributed by atoms with Crippen LogP contribution < -0.4 is 20.5 Å². The van der Waals surface area contributed by atoms with Gasteiger partial charge in [0.05, 0.1) is 23.3 Å². The number of carbonyl (C=O) groups is 1. The maximum absolute atomic E-state index is 12.3. The van der Waals surface area contributed by atoms with E-state index in [0.29, 0.717) is 30.2 Å². The molecule has 1 aromatic rings. The first-order valence-electron chi connectivity index (χ1n) is 7.78. The summed E-state index contributed by atoms with van der Waals surface area (Å²) in [5.41, 5.74) is 5.90. The van der Waals surface area contributed by atoms with Crippen LogP contribution in [0.5, 0.6) is 5.75 Å².